The van der Waals surface area contributed by atoms with Crippen LogP contribution in [0.5, 0.6) is 0 Å². The van der Waals surface area contributed by atoms with E-state index in [-0.39, 0.29) is 201 Å². The number of nitrogens with one attached hydrogen (secondary N) is 4. The minimum absolute atomic E-state index is 0.00409. The van der Waals surface area contributed by atoms with Crippen LogP contribution in [0.3, 0.4) is 0 Å². The number of hydrogen-bond donors (Lipinski definition) is 5. The van der Waals surface area contributed by atoms with Crippen LogP contribution in [-0.2, 0) is 106 Å². The highest BCUT2D eigenvalue weighted by atomic mass is 16.8. The third-order valence-electron chi connectivity index (χ3n) is 23.3. The Balaban J connectivity index is 0.575. The maximum Gasteiger partial charge on any atom is 0.253 e. The second-order valence-electron chi connectivity index (χ2n) is 30.5. The number of hydrogen-bond acceptors (Lipinski definition) is 23. The highest BCUT2D eigenvalue weighted by molar-refractivity contribution is 6.12. The predicted molar refractivity (Wildman–Crippen MR) is 372 cm³/mol. The molecular weight excluding hydrogens is 1360 g/mol. The van der Waals surface area contributed by atoms with Crippen LogP contribution in [0.4, 0.5) is 0 Å². The molecule has 21 atom stereocenters. The number of carbonyl (C=O) groups excluding carboxylic acids is 8. The number of aliphatic hydroxyl groups is 1. The number of nitrogens with zero attached hydrogens (tertiary/aromatic N) is 3. The Kier molecular flexibility index (Phi) is 25.8. The van der Waals surface area contributed by atoms with E-state index in [1.165, 1.54) is 12.2 Å². The number of aliphatic hydroxyl groups excluding tert-OH is 1. The number of ketones is 1. The number of fused-ring (bicyclic) bond motifs is 6. The molecule has 1 saturated carbocycles. The summed E-state index contributed by atoms with van der Waals surface area (Å²) in [7, 11) is 1.58. The van der Waals surface area contributed by atoms with Gasteiger partial charge in [0.15, 0.2) is 11.6 Å². The van der Waals surface area contributed by atoms with Crippen molar-refractivity contribution in [2.45, 2.75) is 213 Å². The fraction of sp³-hybridized carbons (Fsp3) is 0.737. The molecule has 2 spiro atoms. The summed E-state index contributed by atoms with van der Waals surface area (Å²) < 4.78 is 84.4. The molecule has 0 radical (unpaired) electrons. The van der Waals surface area contributed by atoms with Gasteiger partial charge in [0.05, 0.1) is 158 Å². The maximum absolute atomic E-state index is 14.7. The summed E-state index contributed by atoms with van der Waals surface area (Å²) >= 11 is 0. The van der Waals surface area contributed by atoms with E-state index in [4.69, 9.17) is 61.6 Å². The summed E-state index contributed by atoms with van der Waals surface area (Å²) in [4.78, 5) is 111. The van der Waals surface area contributed by atoms with Crippen molar-refractivity contribution < 1.29 is 105 Å². The van der Waals surface area contributed by atoms with E-state index in [1.54, 1.807) is 36.3 Å². The van der Waals surface area contributed by atoms with Gasteiger partial charge in [0.25, 0.3) is 11.8 Å². The average molecular weight is 1470 g/mol. The Bertz CT molecular complexity index is 3270. The lowest BCUT2D eigenvalue weighted by Crippen LogP contribution is -2.93. The molecular formula is C76H107N7O22. The van der Waals surface area contributed by atoms with Crippen molar-refractivity contribution in [3.63, 3.8) is 0 Å². The number of carbonyl (C=O) groups is 8. The molecule has 10 bridgehead atoms. The molecule has 3 unspecified atom stereocenters. The van der Waals surface area contributed by atoms with Crippen molar-refractivity contribution in [2.24, 2.45) is 23.7 Å². The lowest BCUT2D eigenvalue weighted by Gasteiger charge is -2.80. The van der Waals surface area contributed by atoms with Crippen molar-refractivity contribution >= 4 is 47.1 Å². The van der Waals surface area contributed by atoms with Gasteiger partial charge in [-0.15, -0.1) is 0 Å². The van der Waals surface area contributed by atoms with Gasteiger partial charge in [0.2, 0.25) is 29.5 Å². The summed E-state index contributed by atoms with van der Waals surface area (Å²) in [5.41, 5.74) is 2.77. The standard InChI is InChI=1S/C76H107N7O22/c1-45-33-51-12-14-56-46(2)34-53(98-56)18-19-75-40-61-68-72-69(76(68,103-61)105-75)73(104-75)71-57(102-72)15-13-52(100-71)36-49(84)37-54-59(39-58(99-51)47(45)3)101-60(70(54)93-4)38-50(85)41-77-62(86)42-79-74(92)55(35-48-9-6-5-7-10-48)80-63(87)43-78-64(88)44-81-21-25-94-29-31-96-27-23-82(24-28-97-32-30-95-26-22-81)65(89)11-8-20-83-66(90)16-17-67(83)91/h5-7,9-10,16-17,45,50-61,68-73,85H,2-3,8,11-15,18-44H2,1,4H3,(H,77,86)(H,78,88)(H,79,92)(H,80,87)/t45-,50+,51+,52-,53+,54+,55+,56+,57+,58-,59+,60-,61-,68+,69?,70-,71+,72?,73-,75-,76?/m1/s1. The first kappa shape index (κ1) is 77.2. The molecule has 1 aromatic carbocycles. The van der Waals surface area contributed by atoms with Gasteiger partial charge < -0.3 is 92.9 Å². The van der Waals surface area contributed by atoms with Gasteiger partial charge in [0, 0.05) is 116 Å². The first-order valence-electron chi connectivity index (χ1n) is 38.2. The zero-order valence-electron chi connectivity index (χ0n) is 60.6. The van der Waals surface area contributed by atoms with E-state index >= 15 is 0 Å². The zero-order valence-corrected chi connectivity index (χ0v) is 60.6. The third kappa shape index (κ3) is 18.5. The molecule has 0 aromatic heterocycles. The lowest BCUT2D eigenvalue weighted by atomic mass is 9.51. The largest absolute Gasteiger partial charge is 0.391 e. The van der Waals surface area contributed by atoms with Gasteiger partial charge in [-0.2, -0.15) is 0 Å². The average Bonchev–Trinajstić information content (AvgIpc) is 0.795. The molecule has 11 saturated heterocycles. The fourth-order valence-electron chi connectivity index (χ4n) is 17.9. The molecule has 14 rings (SSSR count). The van der Waals surface area contributed by atoms with Crippen molar-refractivity contribution in [3.8, 4) is 0 Å². The second kappa shape index (κ2) is 35.1. The number of ether oxygens (including phenoxy) is 13. The lowest BCUT2D eigenvalue weighted by molar-refractivity contribution is -0.620. The summed E-state index contributed by atoms with van der Waals surface area (Å²) in [5, 5.41) is 22.4. The molecule has 578 valence electrons. The molecule has 12 fully saturated rings. The first-order chi connectivity index (χ1) is 50.8. The topological polar surface area (TPSA) is 335 Å². The highest BCUT2D eigenvalue weighted by Gasteiger charge is 2.87. The van der Waals surface area contributed by atoms with E-state index in [9.17, 15) is 43.5 Å². The van der Waals surface area contributed by atoms with Gasteiger partial charge in [-0.25, -0.2) is 0 Å². The van der Waals surface area contributed by atoms with E-state index in [1.807, 2.05) is 11.0 Å². The van der Waals surface area contributed by atoms with Crippen LogP contribution in [-0.4, -0.2) is 289 Å². The van der Waals surface area contributed by atoms with Gasteiger partial charge in [-0.05, 0) is 74.0 Å². The molecule has 7 amide bonds. The quantitative estimate of drug-likeness (QED) is 0.0972. The molecule has 1 aliphatic carbocycles. The van der Waals surface area contributed by atoms with E-state index in [2.05, 4.69) is 41.3 Å². The van der Waals surface area contributed by atoms with E-state index in [0.717, 1.165) is 60.1 Å². The SMILES string of the molecule is C=C1C[C@@H]2CC[C@]34C[C@H]5OC6(O3)C3C(O[C@H]7CC[C@H](CC(=O)C[C@@H]8[C@@H](OC)[C@@H](C[C@H](O)CNC(=O)CNC(=O)[C@H](Cc9ccccc9)NC(=O)CNC(=O)CN9CCOCCOCCN(C(=O)CCCN%10C(=O)C=CC%10=O)CCOCCOCC9)O[C@H]8C[C@H]8O[C@@H](CC[C@@H]1O2)C[C@@H](C)C8=C)O[C@@H]7[C@@H]3O4)[C@H]56. The third-order valence-corrected chi connectivity index (χ3v) is 23.3. The smallest absolute Gasteiger partial charge is 0.253 e. The van der Waals surface area contributed by atoms with Crippen LogP contribution in [0, 0.1) is 23.7 Å². The second-order valence-corrected chi connectivity index (χ2v) is 30.5. The number of imide groups is 1. The number of amides is 7. The Labute approximate surface area is 613 Å². The summed E-state index contributed by atoms with van der Waals surface area (Å²) in [6.07, 6.45) is 5.30. The van der Waals surface area contributed by atoms with Crippen molar-refractivity contribution in [1.29, 1.82) is 0 Å². The molecule has 105 heavy (non-hydrogen) atoms. The van der Waals surface area contributed by atoms with Crippen LogP contribution in [0.2, 0.25) is 0 Å². The molecule has 12 heterocycles. The summed E-state index contributed by atoms with van der Waals surface area (Å²) in [6.45, 7) is 13.4. The number of methoxy groups -OCH3 is 1. The number of benzene rings is 1. The van der Waals surface area contributed by atoms with E-state index < -0.39 is 90.8 Å². The Hall–Kier alpha value is -6.00. The molecule has 1 aromatic rings. The normalized spacial score (nSPS) is 36.8. The van der Waals surface area contributed by atoms with Crippen molar-refractivity contribution in [3.05, 3.63) is 72.4 Å². The summed E-state index contributed by atoms with van der Waals surface area (Å²) in [6, 6.07) is 7.88. The molecule has 29 heteroatoms. The number of rotatable bonds is 19. The summed E-state index contributed by atoms with van der Waals surface area (Å²) in [5.74, 6) is -5.12. The van der Waals surface area contributed by atoms with Crippen molar-refractivity contribution in [1.82, 2.24) is 36.0 Å². The van der Waals surface area contributed by atoms with Crippen LogP contribution in [0.1, 0.15) is 109 Å². The predicted octanol–water partition coefficient (Wildman–Crippen LogP) is 1.68. The Morgan fingerprint density at radius 1 is 0.676 bits per heavy atom. The Morgan fingerprint density at radius 3 is 2.10 bits per heavy atom. The maximum atomic E-state index is 14.7. The Morgan fingerprint density at radius 2 is 1.37 bits per heavy atom. The molecule has 29 nitrogen and oxygen atoms in total. The van der Waals surface area contributed by atoms with Gasteiger partial charge in [-0.3, -0.25) is 48.2 Å². The van der Waals surface area contributed by atoms with Crippen LogP contribution < -0.4 is 21.3 Å². The fourth-order valence-corrected chi connectivity index (χ4v) is 17.9. The van der Waals surface area contributed by atoms with E-state index in [0.29, 0.717) is 58.3 Å². The van der Waals surface area contributed by atoms with Crippen LogP contribution in [0.15, 0.2) is 66.8 Å². The molecule has 12 aliphatic heterocycles. The molecule has 5 N–H and O–H groups in total. The van der Waals surface area contributed by atoms with Gasteiger partial charge >= 0.3 is 0 Å². The first-order valence-corrected chi connectivity index (χ1v) is 38.2. The minimum Gasteiger partial charge on any atom is -0.391 e. The zero-order chi connectivity index (χ0) is 73.4. The van der Waals surface area contributed by atoms with Crippen molar-refractivity contribution in [2.75, 3.05) is 119 Å². The highest BCUT2D eigenvalue weighted by Crippen LogP contribution is 2.73. The monoisotopic (exact) mass is 1470 g/mol. The molecule has 13 aliphatic rings. The minimum atomic E-state index is -1.14. The van der Waals surface area contributed by atoms with Crippen LogP contribution >= 0.6 is 0 Å². The van der Waals surface area contributed by atoms with Gasteiger partial charge in [-0.1, -0.05) is 50.4 Å². The number of Topliss-reactive ketones (excluding diaryl/α,β-unsaturated/α-hetero) is 1. The van der Waals surface area contributed by atoms with Crippen LogP contribution in [0.25, 0.3) is 0 Å². The van der Waals surface area contributed by atoms with Gasteiger partial charge in [0.1, 0.15) is 24.0 Å².